The molecule has 0 bridgehead atoms. The fraction of sp³-hybridized carbons (Fsp3) is 0.294. The molecule has 0 spiro atoms. The highest BCUT2D eigenvalue weighted by Gasteiger charge is 2.14. The van der Waals surface area contributed by atoms with Crippen LogP contribution in [0.2, 0.25) is 0 Å². The number of aromatic nitrogens is 4. The first kappa shape index (κ1) is 17.9. The third kappa shape index (κ3) is 3.67. The number of rotatable bonds is 6. The van der Waals surface area contributed by atoms with Crippen molar-refractivity contribution in [1.29, 1.82) is 0 Å². The molecule has 3 rings (SSSR count). The number of carbonyl (C=O) groups excluding carboxylic acids is 2. The van der Waals surface area contributed by atoms with Crippen molar-refractivity contribution in [2.24, 2.45) is 12.8 Å². The predicted octanol–water partition coefficient (Wildman–Crippen LogP) is 2.16. The third-order valence-electron chi connectivity index (χ3n) is 4.26. The maximum absolute atomic E-state index is 12.2. The van der Waals surface area contributed by atoms with Gasteiger partial charge in [-0.1, -0.05) is 0 Å². The van der Waals surface area contributed by atoms with E-state index in [0.717, 1.165) is 22.5 Å². The SMILES string of the molecule is Cc1nn(C)c(C)c1CCC(=O)Nc1nc(-c2c[nH]c(C(N)=O)c2)cs1. The Morgan fingerprint density at radius 3 is 2.77 bits per heavy atom. The first-order chi connectivity index (χ1) is 12.3. The van der Waals surface area contributed by atoms with Crippen molar-refractivity contribution in [1.82, 2.24) is 19.7 Å². The summed E-state index contributed by atoms with van der Waals surface area (Å²) in [6, 6.07) is 1.64. The zero-order chi connectivity index (χ0) is 18.8. The molecule has 0 aliphatic rings. The Morgan fingerprint density at radius 2 is 2.15 bits per heavy atom. The van der Waals surface area contributed by atoms with E-state index in [1.807, 2.05) is 31.0 Å². The molecule has 3 aromatic heterocycles. The molecule has 2 amide bonds. The fourth-order valence-corrected chi connectivity index (χ4v) is 3.48. The number of hydrogen-bond donors (Lipinski definition) is 3. The first-order valence-corrected chi connectivity index (χ1v) is 8.96. The minimum Gasteiger partial charge on any atom is -0.364 e. The van der Waals surface area contributed by atoms with Crippen LogP contribution in [0.25, 0.3) is 11.3 Å². The first-order valence-electron chi connectivity index (χ1n) is 8.08. The molecule has 0 aromatic carbocycles. The highest BCUT2D eigenvalue weighted by Crippen LogP contribution is 2.25. The molecule has 26 heavy (non-hydrogen) atoms. The lowest BCUT2D eigenvalue weighted by Gasteiger charge is -2.03. The summed E-state index contributed by atoms with van der Waals surface area (Å²) in [6.45, 7) is 3.95. The molecule has 0 aliphatic carbocycles. The van der Waals surface area contributed by atoms with Gasteiger partial charge >= 0.3 is 0 Å². The van der Waals surface area contributed by atoms with Gasteiger partial charge in [0.15, 0.2) is 5.13 Å². The average molecular weight is 372 g/mol. The maximum atomic E-state index is 12.2. The number of nitrogens with one attached hydrogen (secondary N) is 2. The highest BCUT2D eigenvalue weighted by atomic mass is 32.1. The lowest BCUT2D eigenvalue weighted by Crippen LogP contribution is -2.12. The van der Waals surface area contributed by atoms with E-state index >= 15 is 0 Å². The van der Waals surface area contributed by atoms with Gasteiger partial charge in [-0.3, -0.25) is 14.3 Å². The van der Waals surface area contributed by atoms with E-state index in [0.29, 0.717) is 29.4 Å². The van der Waals surface area contributed by atoms with Gasteiger partial charge in [0.1, 0.15) is 5.69 Å². The molecule has 0 radical (unpaired) electrons. The number of amides is 2. The number of nitrogens with zero attached hydrogens (tertiary/aromatic N) is 3. The largest absolute Gasteiger partial charge is 0.364 e. The van der Waals surface area contributed by atoms with Gasteiger partial charge in [-0.2, -0.15) is 5.10 Å². The standard InChI is InChI=1S/C17H20N6O2S/c1-9-12(10(2)23(3)22-9)4-5-15(24)21-17-20-14(8-26-17)11-6-13(16(18)25)19-7-11/h6-8,19H,4-5H2,1-3H3,(H2,18,25)(H,20,21,24). The number of thiazole rings is 1. The van der Waals surface area contributed by atoms with Gasteiger partial charge in [0.25, 0.3) is 5.91 Å². The molecule has 0 unspecified atom stereocenters. The maximum Gasteiger partial charge on any atom is 0.265 e. The minimum absolute atomic E-state index is 0.0968. The van der Waals surface area contributed by atoms with Crippen LogP contribution in [-0.4, -0.2) is 31.6 Å². The van der Waals surface area contributed by atoms with Gasteiger partial charge in [0.05, 0.1) is 11.4 Å². The topological polar surface area (TPSA) is 119 Å². The average Bonchev–Trinajstić information content (AvgIpc) is 3.27. The predicted molar refractivity (Wildman–Crippen MR) is 100 cm³/mol. The Bertz CT molecular complexity index is 968. The lowest BCUT2D eigenvalue weighted by molar-refractivity contribution is -0.116. The molecule has 3 heterocycles. The number of primary amides is 1. The molecular weight excluding hydrogens is 352 g/mol. The van der Waals surface area contributed by atoms with Gasteiger partial charge in [-0.25, -0.2) is 4.98 Å². The summed E-state index contributed by atoms with van der Waals surface area (Å²) in [4.78, 5) is 30.5. The summed E-state index contributed by atoms with van der Waals surface area (Å²) in [5, 5.41) is 9.52. The Balaban J connectivity index is 1.61. The van der Waals surface area contributed by atoms with Crippen LogP contribution in [0.4, 0.5) is 5.13 Å². The van der Waals surface area contributed by atoms with Gasteiger partial charge in [-0.05, 0) is 31.9 Å². The van der Waals surface area contributed by atoms with Crippen molar-refractivity contribution in [2.75, 3.05) is 5.32 Å². The van der Waals surface area contributed by atoms with E-state index in [-0.39, 0.29) is 5.91 Å². The number of nitrogens with two attached hydrogens (primary N) is 1. The Labute approximate surface area is 154 Å². The van der Waals surface area contributed by atoms with Crippen molar-refractivity contribution in [3.8, 4) is 11.3 Å². The van der Waals surface area contributed by atoms with Crippen LogP contribution >= 0.6 is 11.3 Å². The smallest absolute Gasteiger partial charge is 0.265 e. The van der Waals surface area contributed by atoms with E-state index in [1.54, 1.807) is 12.3 Å². The molecule has 9 heteroatoms. The van der Waals surface area contributed by atoms with Crippen LogP contribution in [0.5, 0.6) is 0 Å². The summed E-state index contributed by atoms with van der Waals surface area (Å²) >= 11 is 1.33. The van der Waals surface area contributed by atoms with Gasteiger partial charge in [0.2, 0.25) is 5.91 Å². The molecule has 8 nitrogen and oxygen atoms in total. The second-order valence-corrected chi connectivity index (χ2v) is 6.88. The van der Waals surface area contributed by atoms with E-state index in [4.69, 9.17) is 5.73 Å². The van der Waals surface area contributed by atoms with Gasteiger partial charge in [0, 0.05) is 36.3 Å². The number of hydrogen-bond acceptors (Lipinski definition) is 5. The minimum atomic E-state index is -0.527. The fourth-order valence-electron chi connectivity index (χ4n) is 2.75. The summed E-state index contributed by atoms with van der Waals surface area (Å²) in [7, 11) is 1.90. The molecule has 0 fully saturated rings. The van der Waals surface area contributed by atoms with Crippen LogP contribution in [0.15, 0.2) is 17.6 Å². The van der Waals surface area contributed by atoms with Crippen LogP contribution in [-0.2, 0) is 18.3 Å². The van der Waals surface area contributed by atoms with Crippen molar-refractivity contribution in [2.45, 2.75) is 26.7 Å². The Hall–Kier alpha value is -2.94. The van der Waals surface area contributed by atoms with Crippen LogP contribution in [0.3, 0.4) is 0 Å². The normalized spacial score (nSPS) is 10.9. The molecule has 136 valence electrons. The van der Waals surface area contributed by atoms with Crippen molar-refractivity contribution < 1.29 is 9.59 Å². The van der Waals surface area contributed by atoms with Crippen LogP contribution in [0.1, 0.15) is 33.9 Å². The number of carbonyl (C=O) groups is 2. The van der Waals surface area contributed by atoms with Crippen LogP contribution < -0.4 is 11.1 Å². The zero-order valence-electron chi connectivity index (χ0n) is 14.8. The number of aromatic amines is 1. The summed E-state index contributed by atoms with van der Waals surface area (Å²) in [6.07, 6.45) is 2.66. The molecule has 0 saturated carbocycles. The van der Waals surface area contributed by atoms with Crippen molar-refractivity contribution >= 4 is 28.3 Å². The third-order valence-corrected chi connectivity index (χ3v) is 5.01. The van der Waals surface area contributed by atoms with E-state index in [1.165, 1.54) is 11.3 Å². The second kappa shape index (κ2) is 7.12. The van der Waals surface area contributed by atoms with Gasteiger partial charge in [-0.15, -0.1) is 11.3 Å². The Kier molecular flexibility index (Phi) is 4.90. The second-order valence-electron chi connectivity index (χ2n) is 6.03. The Morgan fingerprint density at radius 1 is 1.38 bits per heavy atom. The summed E-state index contributed by atoms with van der Waals surface area (Å²) in [5.74, 6) is -0.624. The molecule has 3 aromatic rings. The number of H-pyrrole nitrogens is 1. The van der Waals surface area contributed by atoms with E-state index in [9.17, 15) is 9.59 Å². The van der Waals surface area contributed by atoms with Crippen molar-refractivity contribution in [3.05, 3.63) is 40.3 Å². The quantitative estimate of drug-likeness (QED) is 0.614. The van der Waals surface area contributed by atoms with Crippen LogP contribution in [0, 0.1) is 13.8 Å². The highest BCUT2D eigenvalue weighted by molar-refractivity contribution is 7.14. The summed E-state index contributed by atoms with van der Waals surface area (Å²) in [5.41, 5.74) is 10.1. The molecule has 0 saturated heterocycles. The number of aryl methyl sites for hydroxylation is 2. The molecule has 4 N–H and O–H groups in total. The van der Waals surface area contributed by atoms with E-state index in [2.05, 4.69) is 20.4 Å². The van der Waals surface area contributed by atoms with Gasteiger partial charge < -0.3 is 16.0 Å². The molecule has 0 aliphatic heterocycles. The molecular formula is C17H20N6O2S. The lowest BCUT2D eigenvalue weighted by atomic mass is 10.1. The van der Waals surface area contributed by atoms with E-state index < -0.39 is 5.91 Å². The number of anilines is 1. The zero-order valence-corrected chi connectivity index (χ0v) is 15.6. The monoisotopic (exact) mass is 372 g/mol. The molecule has 0 atom stereocenters. The summed E-state index contributed by atoms with van der Waals surface area (Å²) < 4.78 is 1.83. The van der Waals surface area contributed by atoms with Crippen molar-refractivity contribution in [3.63, 3.8) is 0 Å².